The van der Waals surface area contributed by atoms with E-state index < -0.39 is 0 Å². The highest BCUT2D eigenvalue weighted by Crippen LogP contribution is 2.16. The van der Waals surface area contributed by atoms with Crippen LogP contribution in [0.5, 0.6) is 0 Å². The molecule has 2 aromatic rings. The third kappa shape index (κ3) is 3.46. The zero-order chi connectivity index (χ0) is 15.2. The number of carbonyl (C=O) groups is 1. The van der Waals surface area contributed by atoms with Gasteiger partial charge in [-0.3, -0.25) is 9.78 Å². The third-order valence-electron chi connectivity index (χ3n) is 3.30. The molecule has 1 aromatic heterocycles. The lowest BCUT2D eigenvalue weighted by atomic mass is 10.1. The summed E-state index contributed by atoms with van der Waals surface area (Å²) in [5.41, 5.74) is 2.67. The predicted octanol–water partition coefficient (Wildman–Crippen LogP) is 3.14. The van der Waals surface area contributed by atoms with Crippen LogP contribution in [0.2, 0.25) is 0 Å². The summed E-state index contributed by atoms with van der Waals surface area (Å²) in [7, 11) is 0. The molecule has 1 N–H and O–H groups in total. The molecule has 0 radical (unpaired) electrons. The van der Waals surface area contributed by atoms with Gasteiger partial charge in [0.2, 0.25) is 0 Å². The highest BCUT2D eigenvalue weighted by atomic mass is 16.1. The maximum atomic E-state index is 12.3. The van der Waals surface area contributed by atoms with Crippen LogP contribution in [0.1, 0.15) is 46.6 Å². The first-order valence-electron chi connectivity index (χ1n) is 6.88. The lowest BCUT2D eigenvalue weighted by molar-refractivity contribution is 0.0934. The van der Waals surface area contributed by atoms with Gasteiger partial charge in [-0.05, 0) is 37.1 Å². The Kier molecular flexibility index (Phi) is 4.68. The van der Waals surface area contributed by atoms with Crippen LogP contribution in [0.4, 0.5) is 0 Å². The summed E-state index contributed by atoms with van der Waals surface area (Å²) in [6.45, 7) is 3.96. The van der Waals surface area contributed by atoms with Crippen molar-refractivity contribution in [3.05, 3.63) is 65.0 Å². The molecular weight excluding hydrogens is 262 g/mol. The smallest absolute Gasteiger partial charge is 0.253 e. The van der Waals surface area contributed by atoms with Gasteiger partial charge in [-0.1, -0.05) is 25.1 Å². The van der Waals surface area contributed by atoms with Gasteiger partial charge < -0.3 is 5.32 Å². The molecule has 0 fully saturated rings. The van der Waals surface area contributed by atoms with E-state index in [2.05, 4.69) is 10.3 Å². The SMILES string of the molecule is CCC(NC(=O)c1ccccc1C#N)c1ccc(C)cn1. The van der Waals surface area contributed by atoms with E-state index in [1.165, 1.54) is 0 Å². The average Bonchev–Trinajstić information content (AvgIpc) is 2.53. The Bertz CT molecular complexity index is 671. The highest BCUT2D eigenvalue weighted by molar-refractivity contribution is 5.96. The number of amides is 1. The average molecular weight is 279 g/mol. The minimum atomic E-state index is -0.249. The molecule has 4 nitrogen and oxygen atoms in total. The molecule has 0 aliphatic rings. The summed E-state index contributed by atoms with van der Waals surface area (Å²) in [5, 5.41) is 12.0. The van der Waals surface area contributed by atoms with Gasteiger partial charge in [-0.25, -0.2) is 0 Å². The summed E-state index contributed by atoms with van der Waals surface area (Å²) in [4.78, 5) is 16.7. The largest absolute Gasteiger partial charge is 0.344 e. The number of aromatic nitrogens is 1. The van der Waals surface area contributed by atoms with Gasteiger partial charge in [-0.15, -0.1) is 0 Å². The first-order valence-corrected chi connectivity index (χ1v) is 6.88. The summed E-state index contributed by atoms with van der Waals surface area (Å²) in [5.74, 6) is -0.249. The fourth-order valence-electron chi connectivity index (χ4n) is 2.09. The molecule has 2 rings (SSSR count). The fourth-order valence-corrected chi connectivity index (χ4v) is 2.09. The van der Waals surface area contributed by atoms with Crippen LogP contribution in [0.3, 0.4) is 0 Å². The van der Waals surface area contributed by atoms with Gasteiger partial charge in [0.1, 0.15) is 0 Å². The van der Waals surface area contributed by atoms with E-state index in [1.807, 2.05) is 32.0 Å². The predicted molar refractivity (Wildman–Crippen MR) is 80.6 cm³/mol. The summed E-state index contributed by atoms with van der Waals surface area (Å²) >= 11 is 0. The van der Waals surface area contributed by atoms with Crippen LogP contribution in [0.15, 0.2) is 42.6 Å². The number of aryl methyl sites for hydroxylation is 1. The second-order valence-corrected chi connectivity index (χ2v) is 4.85. The molecule has 0 aliphatic heterocycles. The van der Waals surface area contributed by atoms with Crippen molar-refractivity contribution in [2.24, 2.45) is 0 Å². The Labute approximate surface area is 124 Å². The lowest BCUT2D eigenvalue weighted by Gasteiger charge is -2.17. The fraction of sp³-hybridized carbons (Fsp3) is 0.235. The van der Waals surface area contributed by atoms with Gasteiger partial charge >= 0.3 is 0 Å². The molecule has 0 bridgehead atoms. The molecule has 0 saturated heterocycles. The van der Waals surface area contributed by atoms with Gasteiger partial charge in [-0.2, -0.15) is 5.26 Å². The van der Waals surface area contributed by atoms with E-state index in [9.17, 15) is 4.79 Å². The first kappa shape index (κ1) is 14.7. The standard InChI is InChI=1S/C17H17N3O/c1-3-15(16-9-8-12(2)11-19-16)20-17(21)14-7-5-4-6-13(14)10-18/h4-9,11,15H,3H2,1-2H3,(H,20,21). The molecule has 1 amide bonds. The van der Waals surface area contributed by atoms with Crippen LogP contribution >= 0.6 is 0 Å². The molecule has 1 atom stereocenters. The monoisotopic (exact) mass is 279 g/mol. The van der Waals surface area contributed by atoms with Crippen molar-refractivity contribution in [2.45, 2.75) is 26.3 Å². The highest BCUT2D eigenvalue weighted by Gasteiger charge is 2.17. The van der Waals surface area contributed by atoms with E-state index >= 15 is 0 Å². The van der Waals surface area contributed by atoms with Crippen molar-refractivity contribution in [3.63, 3.8) is 0 Å². The molecule has 0 saturated carbocycles. The number of nitrogens with zero attached hydrogens (tertiary/aromatic N) is 2. The Morgan fingerprint density at radius 3 is 2.71 bits per heavy atom. The number of rotatable bonds is 4. The van der Waals surface area contributed by atoms with Crippen molar-refractivity contribution < 1.29 is 4.79 Å². The summed E-state index contributed by atoms with van der Waals surface area (Å²) in [6, 6.07) is 12.6. The van der Waals surface area contributed by atoms with E-state index in [4.69, 9.17) is 5.26 Å². The third-order valence-corrected chi connectivity index (χ3v) is 3.30. The molecule has 0 aliphatic carbocycles. The van der Waals surface area contributed by atoms with Gasteiger partial charge in [0.25, 0.3) is 5.91 Å². The molecule has 1 aromatic carbocycles. The van der Waals surface area contributed by atoms with Crippen molar-refractivity contribution in [1.82, 2.24) is 10.3 Å². The second kappa shape index (κ2) is 6.67. The van der Waals surface area contributed by atoms with E-state index in [0.717, 1.165) is 17.7 Å². The summed E-state index contributed by atoms with van der Waals surface area (Å²) in [6.07, 6.45) is 2.52. The zero-order valence-electron chi connectivity index (χ0n) is 12.1. The molecule has 106 valence electrons. The molecule has 1 unspecified atom stereocenters. The minimum Gasteiger partial charge on any atom is -0.344 e. The van der Waals surface area contributed by atoms with Crippen LogP contribution in [0.25, 0.3) is 0 Å². The maximum absolute atomic E-state index is 12.3. The number of benzene rings is 1. The van der Waals surface area contributed by atoms with Crippen LogP contribution in [-0.4, -0.2) is 10.9 Å². The molecule has 1 heterocycles. The van der Waals surface area contributed by atoms with Gasteiger partial charge in [0, 0.05) is 6.20 Å². The summed E-state index contributed by atoms with van der Waals surface area (Å²) < 4.78 is 0. The maximum Gasteiger partial charge on any atom is 0.253 e. The number of pyridine rings is 1. The Balaban J connectivity index is 2.20. The Morgan fingerprint density at radius 2 is 2.10 bits per heavy atom. The normalized spacial score (nSPS) is 11.5. The Morgan fingerprint density at radius 1 is 1.33 bits per heavy atom. The number of nitrogens with one attached hydrogen (secondary N) is 1. The zero-order valence-corrected chi connectivity index (χ0v) is 12.1. The number of nitriles is 1. The lowest BCUT2D eigenvalue weighted by Crippen LogP contribution is -2.29. The second-order valence-electron chi connectivity index (χ2n) is 4.85. The van der Waals surface area contributed by atoms with Crippen LogP contribution in [0, 0.1) is 18.3 Å². The molecular formula is C17H17N3O. The van der Waals surface area contributed by atoms with Crippen molar-refractivity contribution >= 4 is 5.91 Å². The topological polar surface area (TPSA) is 65.8 Å². The Hall–Kier alpha value is -2.67. The van der Waals surface area contributed by atoms with Gasteiger partial charge in [0.15, 0.2) is 0 Å². The minimum absolute atomic E-state index is 0.162. The van der Waals surface area contributed by atoms with E-state index in [1.54, 1.807) is 30.5 Å². The number of hydrogen-bond acceptors (Lipinski definition) is 3. The van der Waals surface area contributed by atoms with Crippen molar-refractivity contribution in [1.29, 1.82) is 5.26 Å². The van der Waals surface area contributed by atoms with Crippen LogP contribution < -0.4 is 5.32 Å². The molecule has 21 heavy (non-hydrogen) atoms. The van der Waals surface area contributed by atoms with Crippen molar-refractivity contribution in [3.8, 4) is 6.07 Å². The van der Waals surface area contributed by atoms with E-state index in [-0.39, 0.29) is 11.9 Å². The quantitative estimate of drug-likeness (QED) is 0.935. The molecule has 0 spiro atoms. The van der Waals surface area contributed by atoms with E-state index in [0.29, 0.717) is 11.1 Å². The van der Waals surface area contributed by atoms with Gasteiger partial charge in [0.05, 0.1) is 28.9 Å². The number of carbonyl (C=O) groups excluding carboxylic acids is 1. The molecule has 4 heteroatoms. The first-order chi connectivity index (χ1) is 10.2. The van der Waals surface area contributed by atoms with Crippen LogP contribution in [-0.2, 0) is 0 Å². The number of hydrogen-bond donors (Lipinski definition) is 1. The van der Waals surface area contributed by atoms with Crippen molar-refractivity contribution in [2.75, 3.05) is 0 Å².